The molecule has 4 aromatic rings. The van der Waals surface area contributed by atoms with Crippen LogP contribution in [0.5, 0.6) is 23.0 Å². The van der Waals surface area contributed by atoms with Crippen molar-refractivity contribution in [1.82, 2.24) is 9.47 Å². The van der Waals surface area contributed by atoms with Crippen LogP contribution < -0.4 is 18.9 Å². The molecule has 0 bridgehead atoms. The minimum absolute atomic E-state index is 0.0418. The normalized spacial score (nSPS) is 14.9. The molecule has 3 aromatic carbocycles. The zero-order valence-corrected chi connectivity index (χ0v) is 20.8. The number of methoxy groups -OCH3 is 3. The highest BCUT2D eigenvalue weighted by Gasteiger charge is 2.33. The second kappa shape index (κ2) is 10.2. The first kappa shape index (κ1) is 23.6. The smallest absolute Gasteiger partial charge is 0.243 e. The first-order valence-corrected chi connectivity index (χ1v) is 12.0. The van der Waals surface area contributed by atoms with Gasteiger partial charge < -0.3 is 28.4 Å². The van der Waals surface area contributed by atoms with Crippen LogP contribution in [0.15, 0.2) is 72.9 Å². The largest absolute Gasteiger partial charge is 0.497 e. The van der Waals surface area contributed by atoms with Crippen molar-refractivity contribution >= 4 is 16.8 Å². The number of hydrogen-bond donors (Lipinski definition) is 0. The van der Waals surface area contributed by atoms with Crippen molar-refractivity contribution in [3.63, 3.8) is 0 Å². The van der Waals surface area contributed by atoms with E-state index in [2.05, 4.69) is 6.07 Å². The summed E-state index contributed by atoms with van der Waals surface area (Å²) >= 11 is 0. The lowest BCUT2D eigenvalue weighted by atomic mass is 9.92. The van der Waals surface area contributed by atoms with E-state index in [1.165, 1.54) is 0 Å². The van der Waals surface area contributed by atoms with Gasteiger partial charge in [-0.15, -0.1) is 0 Å². The fourth-order valence-electron chi connectivity index (χ4n) is 4.87. The van der Waals surface area contributed by atoms with Crippen molar-refractivity contribution in [3.05, 3.63) is 84.1 Å². The van der Waals surface area contributed by atoms with Crippen LogP contribution in [0.3, 0.4) is 0 Å². The van der Waals surface area contributed by atoms with Gasteiger partial charge in [0.25, 0.3) is 0 Å². The molecule has 0 saturated heterocycles. The number of amides is 1. The third-order valence-electron chi connectivity index (χ3n) is 6.78. The molecule has 0 aliphatic carbocycles. The number of rotatable bonds is 8. The number of aromatic nitrogens is 1. The summed E-state index contributed by atoms with van der Waals surface area (Å²) < 4.78 is 24.5. The number of ether oxygens (including phenoxy) is 4. The molecule has 1 amide bonds. The Morgan fingerprint density at radius 3 is 2.36 bits per heavy atom. The summed E-state index contributed by atoms with van der Waals surface area (Å²) in [5.74, 6) is 2.84. The molecule has 1 aromatic heterocycles. The predicted molar refractivity (Wildman–Crippen MR) is 138 cm³/mol. The van der Waals surface area contributed by atoms with Gasteiger partial charge in [0, 0.05) is 18.3 Å². The first-order valence-electron chi connectivity index (χ1n) is 12.0. The molecule has 2 heterocycles. The summed E-state index contributed by atoms with van der Waals surface area (Å²) in [4.78, 5) is 15.6. The second-order valence-corrected chi connectivity index (χ2v) is 8.75. The molecule has 7 heteroatoms. The quantitative estimate of drug-likeness (QED) is 0.356. The molecule has 0 fully saturated rings. The number of nitrogens with zero attached hydrogens (tertiary/aromatic N) is 2. The third-order valence-corrected chi connectivity index (χ3v) is 6.78. The minimum atomic E-state index is -0.273. The number of carbonyl (C=O) groups excluding carboxylic acids is 1. The number of fused-ring (bicyclic) bond motifs is 2. The van der Waals surface area contributed by atoms with Gasteiger partial charge in [0.05, 0.1) is 27.4 Å². The highest BCUT2D eigenvalue weighted by molar-refractivity contribution is 5.83. The molecule has 36 heavy (non-hydrogen) atoms. The van der Waals surface area contributed by atoms with Crippen LogP contribution in [0, 0.1) is 0 Å². The van der Waals surface area contributed by atoms with E-state index in [1.807, 2.05) is 76.3 Å². The maximum Gasteiger partial charge on any atom is 0.243 e. The van der Waals surface area contributed by atoms with Gasteiger partial charge >= 0.3 is 0 Å². The van der Waals surface area contributed by atoms with Gasteiger partial charge in [-0.05, 0) is 71.5 Å². The van der Waals surface area contributed by atoms with E-state index in [-0.39, 0.29) is 18.5 Å². The van der Waals surface area contributed by atoms with Crippen molar-refractivity contribution in [2.75, 3.05) is 34.5 Å². The van der Waals surface area contributed by atoms with Gasteiger partial charge in [-0.25, -0.2) is 0 Å². The average molecular weight is 487 g/mol. The highest BCUT2D eigenvalue weighted by Crippen LogP contribution is 2.38. The molecule has 0 N–H and O–H groups in total. The van der Waals surface area contributed by atoms with E-state index >= 15 is 0 Å². The fraction of sp³-hybridized carbons (Fsp3) is 0.276. The van der Waals surface area contributed by atoms with E-state index in [4.69, 9.17) is 18.9 Å². The van der Waals surface area contributed by atoms with Crippen LogP contribution in [0.1, 0.15) is 17.2 Å². The predicted octanol–water partition coefficient (Wildman–Crippen LogP) is 4.87. The zero-order chi connectivity index (χ0) is 25.1. The Hall–Kier alpha value is -4.13. The molecule has 0 saturated carbocycles. The molecule has 0 radical (unpaired) electrons. The summed E-state index contributed by atoms with van der Waals surface area (Å²) in [6.07, 6.45) is 2.70. The summed E-state index contributed by atoms with van der Waals surface area (Å²) in [5.41, 5.74) is 3.19. The van der Waals surface area contributed by atoms with Crippen molar-refractivity contribution < 1.29 is 23.7 Å². The van der Waals surface area contributed by atoms with Crippen molar-refractivity contribution in [2.24, 2.45) is 0 Å². The van der Waals surface area contributed by atoms with Gasteiger partial charge in [-0.2, -0.15) is 0 Å². The van der Waals surface area contributed by atoms with Crippen LogP contribution in [0.4, 0.5) is 0 Å². The number of para-hydroxylation sites is 1. The Bertz CT molecular complexity index is 1360. The van der Waals surface area contributed by atoms with E-state index in [9.17, 15) is 4.79 Å². The van der Waals surface area contributed by atoms with Crippen molar-refractivity contribution in [1.29, 1.82) is 0 Å². The SMILES string of the molecule is COc1ccc(OCC2c3cc(OC)c(OC)cc3CCN2C(=O)Cn2ccc3ccccc32)cc1. The Kier molecular flexibility index (Phi) is 6.71. The summed E-state index contributed by atoms with van der Waals surface area (Å²) in [7, 11) is 4.89. The lowest BCUT2D eigenvalue weighted by Gasteiger charge is -2.37. The van der Waals surface area contributed by atoms with Crippen LogP contribution in [0.25, 0.3) is 10.9 Å². The van der Waals surface area contributed by atoms with Crippen molar-refractivity contribution in [2.45, 2.75) is 19.0 Å². The standard InChI is InChI=1S/C29H30N2O5/c1-33-22-8-10-23(11-9-22)36-19-26-24-17-28(35-3)27(34-2)16-21(24)13-15-31(26)29(32)18-30-14-12-20-6-4-5-7-25(20)30/h4-12,14,16-17,26H,13,15,18-19H2,1-3H3. The Morgan fingerprint density at radius 1 is 0.889 bits per heavy atom. The second-order valence-electron chi connectivity index (χ2n) is 8.75. The number of carbonyl (C=O) groups is 1. The molecule has 186 valence electrons. The molecule has 1 unspecified atom stereocenters. The molecule has 1 aliphatic rings. The van der Waals surface area contributed by atoms with Crippen LogP contribution >= 0.6 is 0 Å². The van der Waals surface area contributed by atoms with Gasteiger partial charge in [0.1, 0.15) is 24.7 Å². The molecule has 1 atom stereocenters. The lowest BCUT2D eigenvalue weighted by Crippen LogP contribution is -2.44. The topological polar surface area (TPSA) is 62.2 Å². The fourth-order valence-corrected chi connectivity index (χ4v) is 4.87. The van der Waals surface area contributed by atoms with Crippen LogP contribution in [-0.4, -0.2) is 49.9 Å². The number of hydrogen-bond acceptors (Lipinski definition) is 5. The summed E-state index contributed by atoms with van der Waals surface area (Å²) in [6.45, 7) is 1.17. The Labute approximate surface area is 210 Å². The molecular formula is C29H30N2O5. The van der Waals surface area contributed by atoms with Crippen molar-refractivity contribution in [3.8, 4) is 23.0 Å². The van der Waals surface area contributed by atoms with E-state index in [0.29, 0.717) is 30.4 Å². The Morgan fingerprint density at radius 2 is 1.61 bits per heavy atom. The molecule has 5 rings (SSSR count). The monoisotopic (exact) mass is 486 g/mol. The van der Waals surface area contributed by atoms with Gasteiger partial charge in [0.15, 0.2) is 11.5 Å². The highest BCUT2D eigenvalue weighted by atomic mass is 16.5. The first-order chi connectivity index (χ1) is 17.6. The van der Waals surface area contributed by atoms with E-state index in [0.717, 1.165) is 34.2 Å². The lowest BCUT2D eigenvalue weighted by molar-refractivity contribution is -0.135. The van der Waals surface area contributed by atoms with Crippen LogP contribution in [-0.2, 0) is 17.8 Å². The maximum absolute atomic E-state index is 13.7. The summed E-state index contributed by atoms with van der Waals surface area (Å²) in [6, 6.07) is 21.3. The number of benzene rings is 3. The average Bonchev–Trinajstić information content (AvgIpc) is 3.33. The van der Waals surface area contributed by atoms with Crippen LogP contribution in [0.2, 0.25) is 0 Å². The Balaban J connectivity index is 1.45. The maximum atomic E-state index is 13.7. The van der Waals surface area contributed by atoms with Gasteiger partial charge in [-0.1, -0.05) is 18.2 Å². The zero-order valence-electron chi connectivity index (χ0n) is 20.8. The third kappa shape index (κ3) is 4.56. The van der Waals surface area contributed by atoms with Gasteiger partial charge in [-0.3, -0.25) is 4.79 Å². The minimum Gasteiger partial charge on any atom is -0.497 e. The molecule has 7 nitrogen and oxygen atoms in total. The molecule has 1 aliphatic heterocycles. The van der Waals surface area contributed by atoms with E-state index in [1.54, 1.807) is 21.3 Å². The van der Waals surface area contributed by atoms with E-state index < -0.39 is 0 Å². The molecule has 0 spiro atoms. The summed E-state index contributed by atoms with van der Waals surface area (Å²) in [5, 5.41) is 1.12. The molecular weight excluding hydrogens is 456 g/mol. The van der Waals surface area contributed by atoms with Gasteiger partial charge in [0.2, 0.25) is 5.91 Å².